The Morgan fingerprint density at radius 2 is 1.68 bits per heavy atom. The Morgan fingerprint density at radius 1 is 1.03 bits per heavy atom. The molecule has 1 aliphatic heterocycles. The molecule has 0 bridgehead atoms. The van der Waals surface area contributed by atoms with E-state index >= 15 is 0 Å². The van der Waals surface area contributed by atoms with E-state index in [-0.39, 0.29) is 12.5 Å². The van der Waals surface area contributed by atoms with Gasteiger partial charge in [-0.3, -0.25) is 10.1 Å². The minimum Gasteiger partial charge on any atom is -0.444 e. The first kappa shape index (κ1) is 25.1. The second-order valence-corrected chi connectivity index (χ2v) is 10.2. The van der Waals surface area contributed by atoms with Crippen LogP contribution >= 0.6 is 0 Å². The minimum atomic E-state index is -0.758. The highest BCUT2D eigenvalue weighted by molar-refractivity contribution is 5.94. The first-order valence-corrected chi connectivity index (χ1v) is 12.4. The number of rotatable bonds is 6. The number of pyridine rings is 1. The van der Waals surface area contributed by atoms with Gasteiger partial charge in [0.15, 0.2) is 0 Å². The summed E-state index contributed by atoms with van der Waals surface area (Å²) in [6, 6.07) is 23.1. The second kappa shape index (κ2) is 10.1. The molecule has 9 heteroatoms. The minimum absolute atomic E-state index is 0.00823. The molecule has 4 aromatic rings. The number of ether oxygens (including phenoxy) is 1. The van der Waals surface area contributed by atoms with Gasteiger partial charge in [-0.05, 0) is 50.5 Å². The first-order valence-electron chi connectivity index (χ1n) is 12.4. The fraction of sp³-hybridized carbons (Fsp3) is 0.276. The number of hydrogen-bond donors (Lipinski definition) is 1. The molecule has 1 N–H and O–H groups in total. The van der Waals surface area contributed by atoms with Crippen molar-refractivity contribution in [1.82, 2.24) is 20.0 Å². The van der Waals surface area contributed by atoms with Crippen LogP contribution in [0.4, 0.5) is 10.6 Å². The van der Waals surface area contributed by atoms with Crippen molar-refractivity contribution in [3.63, 3.8) is 0 Å². The zero-order chi connectivity index (χ0) is 26.8. The van der Waals surface area contributed by atoms with Gasteiger partial charge < -0.3 is 14.2 Å². The lowest BCUT2D eigenvalue weighted by molar-refractivity contribution is -0.132. The molecule has 194 valence electrons. The van der Waals surface area contributed by atoms with Crippen molar-refractivity contribution in [1.29, 1.82) is 0 Å². The Balaban J connectivity index is 1.30. The summed E-state index contributed by atoms with van der Waals surface area (Å²) >= 11 is 0. The summed E-state index contributed by atoms with van der Waals surface area (Å²) in [4.78, 5) is 36.4. The van der Waals surface area contributed by atoms with Gasteiger partial charge in [-0.25, -0.2) is 9.78 Å². The molecule has 9 nitrogen and oxygen atoms in total. The van der Waals surface area contributed by atoms with Gasteiger partial charge in [0.05, 0.1) is 0 Å². The quantitative estimate of drug-likeness (QED) is 0.379. The van der Waals surface area contributed by atoms with E-state index in [9.17, 15) is 9.59 Å². The largest absolute Gasteiger partial charge is 0.444 e. The number of likely N-dealkylation sites (tertiary alicyclic amines) is 1. The van der Waals surface area contributed by atoms with E-state index in [4.69, 9.17) is 9.26 Å². The van der Waals surface area contributed by atoms with E-state index in [0.29, 0.717) is 36.1 Å². The number of amides is 2. The van der Waals surface area contributed by atoms with Crippen LogP contribution in [0, 0.1) is 0 Å². The van der Waals surface area contributed by atoms with Gasteiger partial charge in [0.2, 0.25) is 17.6 Å². The maximum atomic E-state index is 13.9. The monoisotopic (exact) mass is 511 g/mol. The Morgan fingerprint density at radius 3 is 2.26 bits per heavy atom. The molecular formula is C29H29N5O4. The molecular weight excluding hydrogens is 482 g/mol. The van der Waals surface area contributed by atoms with E-state index in [0.717, 1.165) is 11.1 Å². The van der Waals surface area contributed by atoms with Crippen molar-refractivity contribution in [2.24, 2.45) is 0 Å². The smallest absolute Gasteiger partial charge is 0.413 e. The van der Waals surface area contributed by atoms with Crippen LogP contribution in [0.1, 0.15) is 44.2 Å². The number of anilines is 1. The number of aromatic nitrogens is 3. The molecule has 38 heavy (non-hydrogen) atoms. The summed E-state index contributed by atoms with van der Waals surface area (Å²) in [5.41, 5.74) is 1.19. The Labute approximate surface area is 220 Å². The van der Waals surface area contributed by atoms with Crippen LogP contribution in [0.2, 0.25) is 0 Å². The molecule has 1 aliphatic rings. The van der Waals surface area contributed by atoms with Crippen LogP contribution in [0.25, 0.3) is 11.4 Å². The van der Waals surface area contributed by atoms with Gasteiger partial charge in [-0.15, -0.1) is 0 Å². The van der Waals surface area contributed by atoms with E-state index < -0.39 is 17.1 Å². The molecule has 2 aromatic carbocycles. The summed E-state index contributed by atoms with van der Waals surface area (Å²) in [6.07, 6.45) is 1.60. The van der Waals surface area contributed by atoms with Crippen LogP contribution in [-0.4, -0.2) is 44.2 Å². The number of nitrogens with zero attached hydrogens (tertiary/aromatic N) is 4. The van der Waals surface area contributed by atoms with Gasteiger partial charge >= 0.3 is 6.09 Å². The number of carbonyl (C=O) groups is 2. The van der Waals surface area contributed by atoms with Crippen LogP contribution in [0.15, 0.2) is 83.5 Å². The van der Waals surface area contributed by atoms with Gasteiger partial charge in [0, 0.05) is 18.3 Å². The third kappa shape index (κ3) is 5.13. The fourth-order valence-corrected chi connectivity index (χ4v) is 4.69. The summed E-state index contributed by atoms with van der Waals surface area (Å²) < 4.78 is 10.7. The van der Waals surface area contributed by atoms with E-state index in [1.807, 2.05) is 60.7 Å². The third-order valence-electron chi connectivity index (χ3n) is 6.39. The van der Waals surface area contributed by atoms with Crippen LogP contribution in [0.3, 0.4) is 0 Å². The lowest BCUT2D eigenvalue weighted by atomic mass is 9.73. The molecule has 0 aliphatic carbocycles. The maximum absolute atomic E-state index is 13.9. The molecule has 0 spiro atoms. The van der Waals surface area contributed by atoms with Crippen molar-refractivity contribution >= 4 is 17.8 Å². The number of nitrogens with one attached hydrogen (secondary N) is 1. The molecule has 2 amide bonds. The number of hydrogen-bond acceptors (Lipinski definition) is 7. The predicted octanol–water partition coefficient (Wildman–Crippen LogP) is 5.20. The zero-order valence-corrected chi connectivity index (χ0v) is 21.5. The lowest BCUT2D eigenvalue weighted by Crippen LogP contribution is -2.38. The summed E-state index contributed by atoms with van der Waals surface area (Å²) in [6.45, 7) is 6.13. The van der Waals surface area contributed by atoms with Gasteiger partial charge in [0.25, 0.3) is 0 Å². The average molecular weight is 512 g/mol. The van der Waals surface area contributed by atoms with Crippen molar-refractivity contribution in [2.75, 3.05) is 11.9 Å². The lowest BCUT2D eigenvalue weighted by Gasteiger charge is -2.29. The van der Waals surface area contributed by atoms with E-state index in [2.05, 4.69) is 20.4 Å². The summed E-state index contributed by atoms with van der Waals surface area (Å²) in [5.74, 6) is 1.03. The predicted molar refractivity (Wildman–Crippen MR) is 141 cm³/mol. The SMILES string of the molecule is CC(C)(C)OC(=O)Nc1ccc(-c2noc(CN3CCC(c4ccccc4)(c4ccccc4)C3=O)n2)cn1. The molecule has 0 radical (unpaired) electrons. The highest BCUT2D eigenvalue weighted by Crippen LogP contribution is 2.42. The zero-order valence-electron chi connectivity index (χ0n) is 21.5. The van der Waals surface area contributed by atoms with Crippen molar-refractivity contribution < 1.29 is 18.8 Å². The van der Waals surface area contributed by atoms with E-state index in [1.54, 1.807) is 37.8 Å². The average Bonchev–Trinajstić information content (AvgIpc) is 3.50. The standard InChI is InChI=1S/C29H29N5O4/c1-28(2,3)37-27(36)31-23-15-14-20(18-30-23)25-32-24(38-33-25)19-34-17-16-29(26(34)35,21-10-6-4-7-11-21)22-12-8-5-9-13-22/h4-15,18H,16-17,19H2,1-3H3,(H,30,31,36). The molecule has 0 saturated carbocycles. The molecule has 5 rings (SSSR count). The van der Waals surface area contributed by atoms with Gasteiger partial charge in [-0.2, -0.15) is 4.98 Å². The Hall–Kier alpha value is -4.53. The highest BCUT2D eigenvalue weighted by Gasteiger charge is 2.49. The molecule has 2 aromatic heterocycles. The molecule has 1 saturated heterocycles. The fourth-order valence-electron chi connectivity index (χ4n) is 4.69. The molecule has 1 fully saturated rings. The Bertz CT molecular complexity index is 1370. The van der Waals surface area contributed by atoms with Gasteiger partial charge in [-0.1, -0.05) is 65.8 Å². The molecule has 3 heterocycles. The van der Waals surface area contributed by atoms with Crippen LogP contribution in [0.5, 0.6) is 0 Å². The third-order valence-corrected chi connectivity index (χ3v) is 6.39. The molecule has 0 unspecified atom stereocenters. The molecule has 0 atom stereocenters. The first-order chi connectivity index (χ1) is 18.2. The number of carbonyl (C=O) groups excluding carboxylic acids is 2. The topological polar surface area (TPSA) is 110 Å². The maximum Gasteiger partial charge on any atom is 0.413 e. The normalized spacial score (nSPS) is 14.9. The highest BCUT2D eigenvalue weighted by atomic mass is 16.6. The van der Waals surface area contributed by atoms with E-state index in [1.165, 1.54) is 6.20 Å². The summed E-state index contributed by atoms with van der Waals surface area (Å²) in [5, 5.41) is 6.66. The van der Waals surface area contributed by atoms with Crippen LogP contribution < -0.4 is 5.32 Å². The van der Waals surface area contributed by atoms with Crippen LogP contribution in [-0.2, 0) is 21.5 Å². The Kier molecular flexibility index (Phi) is 6.67. The van der Waals surface area contributed by atoms with Gasteiger partial charge in [0.1, 0.15) is 23.4 Å². The second-order valence-electron chi connectivity index (χ2n) is 10.2. The number of benzene rings is 2. The van der Waals surface area contributed by atoms with Crippen molar-refractivity contribution in [2.45, 2.75) is 44.8 Å². The van der Waals surface area contributed by atoms with Crippen molar-refractivity contribution in [3.8, 4) is 11.4 Å². The van der Waals surface area contributed by atoms with Crippen molar-refractivity contribution in [3.05, 3.63) is 96.0 Å². The summed E-state index contributed by atoms with van der Waals surface area (Å²) in [7, 11) is 0.